The quantitative estimate of drug-likeness (QED) is 0.377. The number of alkyl halides is 3. The second-order valence-corrected chi connectivity index (χ2v) is 8.80. The van der Waals surface area contributed by atoms with E-state index in [1.807, 2.05) is 42.5 Å². The van der Waals surface area contributed by atoms with Crippen molar-refractivity contribution in [2.75, 3.05) is 6.79 Å². The molecule has 11 nitrogen and oxygen atoms in total. The van der Waals surface area contributed by atoms with Gasteiger partial charge in [0.2, 0.25) is 6.79 Å². The second-order valence-electron chi connectivity index (χ2n) is 8.80. The van der Waals surface area contributed by atoms with Crippen LogP contribution >= 0.6 is 0 Å². The van der Waals surface area contributed by atoms with Crippen LogP contribution in [0.5, 0.6) is 11.5 Å². The van der Waals surface area contributed by atoms with E-state index in [4.69, 9.17) is 23.8 Å². The maximum absolute atomic E-state index is 13.2. The second kappa shape index (κ2) is 11.1. The van der Waals surface area contributed by atoms with Crippen molar-refractivity contribution in [2.45, 2.75) is 32.4 Å². The predicted octanol–water partition coefficient (Wildman–Crippen LogP) is 3.67. The van der Waals surface area contributed by atoms with E-state index in [0.29, 0.717) is 37.5 Å². The van der Waals surface area contributed by atoms with Crippen molar-refractivity contribution in [3.63, 3.8) is 0 Å². The Kier molecular flexibility index (Phi) is 7.42. The van der Waals surface area contributed by atoms with E-state index in [0.717, 1.165) is 34.1 Å². The zero-order chi connectivity index (χ0) is 28.3. The molecule has 2 aliphatic heterocycles. The summed E-state index contributed by atoms with van der Waals surface area (Å²) in [5.74, 6) is 0.0671. The first-order chi connectivity index (χ1) is 19.2. The fourth-order valence-corrected chi connectivity index (χ4v) is 4.21. The SMILES string of the molecule is O=C(NCc1ccc2c(c1)OCO2)c1cnn2c1CN(Cc1ccco1)Cc1cccnc1-2.O=C(O)C(F)(F)F. The summed E-state index contributed by atoms with van der Waals surface area (Å²) in [6.07, 6.45) is -0.0626. The molecule has 40 heavy (non-hydrogen) atoms. The lowest BCUT2D eigenvalue weighted by Crippen LogP contribution is -2.26. The number of benzene rings is 1. The number of carboxylic acid groups (broad SMARTS) is 1. The van der Waals surface area contributed by atoms with Gasteiger partial charge in [-0.3, -0.25) is 9.69 Å². The molecule has 0 radical (unpaired) electrons. The number of fused-ring (bicyclic) bond motifs is 4. The molecular formula is C26H22F3N5O6. The number of nitrogens with one attached hydrogen (secondary N) is 1. The Bertz CT molecular complexity index is 1520. The molecule has 0 spiro atoms. The molecule has 6 rings (SSSR count). The van der Waals surface area contributed by atoms with Crippen LogP contribution in [0.3, 0.4) is 0 Å². The molecular weight excluding hydrogens is 535 g/mol. The van der Waals surface area contributed by atoms with Crippen molar-refractivity contribution >= 4 is 11.9 Å². The summed E-state index contributed by atoms with van der Waals surface area (Å²) in [5, 5.41) is 14.6. The highest BCUT2D eigenvalue weighted by Gasteiger charge is 2.38. The minimum atomic E-state index is -5.08. The van der Waals surface area contributed by atoms with Gasteiger partial charge in [-0.1, -0.05) is 12.1 Å². The lowest BCUT2D eigenvalue weighted by atomic mass is 10.1. The Morgan fingerprint density at radius 1 is 1.07 bits per heavy atom. The molecule has 5 heterocycles. The Hall–Kier alpha value is -4.85. The molecule has 2 N–H and O–H groups in total. The number of nitrogens with zero attached hydrogens (tertiary/aromatic N) is 4. The van der Waals surface area contributed by atoms with Gasteiger partial charge < -0.3 is 24.3 Å². The first kappa shape index (κ1) is 26.7. The maximum Gasteiger partial charge on any atom is 0.490 e. The van der Waals surface area contributed by atoms with Crippen molar-refractivity contribution < 1.29 is 41.8 Å². The number of hydrogen-bond acceptors (Lipinski definition) is 8. The molecule has 0 saturated carbocycles. The summed E-state index contributed by atoms with van der Waals surface area (Å²) < 4.78 is 49.8. The van der Waals surface area contributed by atoms with Gasteiger partial charge in [0.1, 0.15) is 5.76 Å². The van der Waals surface area contributed by atoms with Crippen LogP contribution in [0.1, 0.15) is 32.9 Å². The van der Waals surface area contributed by atoms with Crippen molar-refractivity contribution in [3.05, 3.63) is 89.3 Å². The molecule has 0 aliphatic carbocycles. The molecule has 0 atom stereocenters. The van der Waals surface area contributed by atoms with Crippen LogP contribution in [0.2, 0.25) is 0 Å². The number of hydrogen-bond donors (Lipinski definition) is 2. The highest BCUT2D eigenvalue weighted by molar-refractivity contribution is 5.95. The Morgan fingerprint density at radius 3 is 2.62 bits per heavy atom. The number of furan rings is 1. The number of carbonyl (C=O) groups is 2. The van der Waals surface area contributed by atoms with Gasteiger partial charge in [0.05, 0.1) is 30.3 Å². The number of halogens is 3. The average Bonchev–Trinajstić information content (AvgIpc) is 3.67. The van der Waals surface area contributed by atoms with Crippen molar-refractivity contribution in [1.29, 1.82) is 0 Å². The molecule has 4 aromatic rings. The van der Waals surface area contributed by atoms with Crippen molar-refractivity contribution in [1.82, 2.24) is 25.0 Å². The van der Waals surface area contributed by atoms with E-state index >= 15 is 0 Å². The van der Waals surface area contributed by atoms with Gasteiger partial charge >= 0.3 is 12.1 Å². The van der Waals surface area contributed by atoms with Crippen LogP contribution in [0.4, 0.5) is 13.2 Å². The summed E-state index contributed by atoms with van der Waals surface area (Å²) in [5.41, 5.74) is 3.29. The first-order valence-electron chi connectivity index (χ1n) is 11.9. The Labute approximate surface area is 224 Å². The normalized spacial score (nSPS) is 13.9. The monoisotopic (exact) mass is 557 g/mol. The third-order valence-corrected chi connectivity index (χ3v) is 6.04. The first-order valence-corrected chi connectivity index (χ1v) is 11.9. The average molecular weight is 557 g/mol. The molecule has 1 aromatic carbocycles. The number of amides is 1. The van der Waals surface area contributed by atoms with Gasteiger partial charge in [0.15, 0.2) is 17.3 Å². The molecule has 0 unspecified atom stereocenters. The van der Waals surface area contributed by atoms with Crippen LogP contribution < -0.4 is 14.8 Å². The summed E-state index contributed by atoms with van der Waals surface area (Å²) in [6, 6.07) is 13.4. The van der Waals surface area contributed by atoms with Gasteiger partial charge in [-0.15, -0.1) is 0 Å². The fourth-order valence-electron chi connectivity index (χ4n) is 4.21. The Balaban J connectivity index is 0.000000411. The van der Waals surface area contributed by atoms with Crippen molar-refractivity contribution in [3.8, 4) is 17.3 Å². The summed E-state index contributed by atoms with van der Waals surface area (Å²) >= 11 is 0. The number of pyridine rings is 1. The van der Waals surface area contributed by atoms with Gasteiger partial charge in [-0.2, -0.15) is 18.3 Å². The number of rotatable bonds is 5. The minimum absolute atomic E-state index is 0.189. The molecule has 0 fully saturated rings. The van der Waals surface area contributed by atoms with Gasteiger partial charge in [0, 0.05) is 31.4 Å². The highest BCUT2D eigenvalue weighted by atomic mass is 19.4. The zero-order valence-corrected chi connectivity index (χ0v) is 20.7. The number of aromatic nitrogens is 3. The maximum atomic E-state index is 13.2. The predicted molar refractivity (Wildman–Crippen MR) is 130 cm³/mol. The molecule has 2 aliphatic rings. The van der Waals surface area contributed by atoms with E-state index in [1.54, 1.807) is 23.3 Å². The van der Waals surface area contributed by atoms with Crippen LogP contribution in [0.25, 0.3) is 5.82 Å². The van der Waals surface area contributed by atoms with E-state index in [2.05, 4.69) is 20.3 Å². The largest absolute Gasteiger partial charge is 0.490 e. The van der Waals surface area contributed by atoms with Gasteiger partial charge in [-0.25, -0.2) is 14.5 Å². The summed E-state index contributed by atoms with van der Waals surface area (Å²) in [4.78, 5) is 28.8. The molecule has 208 valence electrons. The van der Waals surface area contributed by atoms with Crippen LogP contribution in [0.15, 0.2) is 65.5 Å². The molecule has 0 saturated heterocycles. The third-order valence-electron chi connectivity index (χ3n) is 6.04. The number of ether oxygens (including phenoxy) is 2. The van der Waals surface area contributed by atoms with Crippen LogP contribution in [-0.2, 0) is 31.0 Å². The molecule has 14 heteroatoms. The highest BCUT2D eigenvalue weighted by Crippen LogP contribution is 2.32. The van der Waals surface area contributed by atoms with E-state index in [1.165, 1.54) is 0 Å². The van der Waals surface area contributed by atoms with Gasteiger partial charge in [-0.05, 0) is 35.9 Å². The zero-order valence-electron chi connectivity index (χ0n) is 20.7. The van der Waals surface area contributed by atoms with Crippen LogP contribution in [-0.4, -0.2) is 49.6 Å². The lowest BCUT2D eigenvalue weighted by Gasteiger charge is -2.19. The Morgan fingerprint density at radius 2 is 1.88 bits per heavy atom. The molecule has 0 bridgehead atoms. The number of carboxylic acids is 1. The number of carbonyl (C=O) groups excluding carboxylic acids is 1. The topological polar surface area (TPSA) is 132 Å². The van der Waals surface area contributed by atoms with Crippen molar-refractivity contribution in [2.24, 2.45) is 0 Å². The third kappa shape index (κ3) is 5.91. The van der Waals surface area contributed by atoms with E-state index in [-0.39, 0.29) is 12.7 Å². The summed E-state index contributed by atoms with van der Waals surface area (Å²) in [6.45, 7) is 2.41. The lowest BCUT2D eigenvalue weighted by molar-refractivity contribution is -0.192. The van der Waals surface area contributed by atoms with E-state index < -0.39 is 12.1 Å². The minimum Gasteiger partial charge on any atom is -0.475 e. The standard InChI is InChI=1S/C24H21N5O4.C2HF3O2/c30-24(26-10-16-5-6-21-22(9-16)33-15-32-21)19-11-27-29-20(19)14-28(13-18-4-2-8-31-18)12-17-3-1-7-25-23(17)29;3-2(4,5)1(6)7/h1-9,11H,10,12-15H2,(H,26,30);(H,6,7). The molecule has 1 amide bonds. The van der Waals surface area contributed by atoms with E-state index in [9.17, 15) is 18.0 Å². The summed E-state index contributed by atoms with van der Waals surface area (Å²) in [7, 11) is 0. The smallest absolute Gasteiger partial charge is 0.475 e. The van der Waals surface area contributed by atoms with Crippen LogP contribution in [0, 0.1) is 0 Å². The fraction of sp³-hybridized carbons (Fsp3) is 0.231. The number of aliphatic carboxylic acids is 1. The molecule has 3 aromatic heterocycles. The van der Waals surface area contributed by atoms with Gasteiger partial charge in [0.25, 0.3) is 5.91 Å².